The molecule has 0 aliphatic rings. The third-order valence-electron chi connectivity index (χ3n) is 1.73. The molecule has 0 unspecified atom stereocenters. The van der Waals surface area contributed by atoms with E-state index in [4.69, 9.17) is 0 Å². The van der Waals surface area contributed by atoms with Crippen molar-refractivity contribution >= 4 is 0 Å². The average Bonchev–Trinajstić information content (AvgIpc) is 2.04. The van der Waals surface area contributed by atoms with Gasteiger partial charge in [-0.05, 0) is 44.0 Å². The molecule has 1 aromatic rings. The number of halogens is 2. The SMILES string of the molecule is CC.Cc1cc(F)cc(C(C)(C)F)c1. The minimum Gasteiger partial charge on any atom is -0.239 e. The van der Waals surface area contributed by atoms with Crippen molar-refractivity contribution in [2.75, 3.05) is 0 Å². The number of alkyl halides is 1. The second kappa shape index (κ2) is 5.08. The number of aryl methyl sites for hydroxylation is 1. The highest BCUT2D eigenvalue weighted by Gasteiger charge is 2.19. The van der Waals surface area contributed by atoms with Crippen LogP contribution in [0.1, 0.15) is 38.8 Å². The highest BCUT2D eigenvalue weighted by molar-refractivity contribution is 5.27. The van der Waals surface area contributed by atoms with Crippen molar-refractivity contribution < 1.29 is 8.78 Å². The lowest BCUT2D eigenvalue weighted by molar-refractivity contribution is 0.220. The van der Waals surface area contributed by atoms with Crippen LogP contribution in [0.3, 0.4) is 0 Å². The summed E-state index contributed by atoms with van der Waals surface area (Å²) in [7, 11) is 0. The first-order valence-corrected chi connectivity index (χ1v) is 4.86. The van der Waals surface area contributed by atoms with Crippen LogP contribution < -0.4 is 0 Å². The fourth-order valence-electron chi connectivity index (χ4n) is 1.08. The molecule has 0 aliphatic heterocycles. The summed E-state index contributed by atoms with van der Waals surface area (Å²) in [6.07, 6.45) is 0. The first-order chi connectivity index (χ1) is 6.39. The van der Waals surface area contributed by atoms with Gasteiger partial charge in [-0.15, -0.1) is 0 Å². The van der Waals surface area contributed by atoms with Crippen molar-refractivity contribution in [3.8, 4) is 0 Å². The van der Waals surface area contributed by atoms with E-state index < -0.39 is 5.67 Å². The van der Waals surface area contributed by atoms with Gasteiger partial charge in [0.15, 0.2) is 0 Å². The van der Waals surface area contributed by atoms with E-state index in [1.165, 1.54) is 26.0 Å². The van der Waals surface area contributed by atoms with Gasteiger partial charge in [0.05, 0.1) is 0 Å². The highest BCUT2D eigenvalue weighted by Crippen LogP contribution is 2.25. The molecule has 2 heteroatoms. The number of rotatable bonds is 1. The summed E-state index contributed by atoms with van der Waals surface area (Å²) >= 11 is 0. The molecule has 0 amide bonds. The first kappa shape index (κ1) is 13.1. The van der Waals surface area contributed by atoms with Crippen LogP contribution in [0.15, 0.2) is 18.2 Å². The van der Waals surface area contributed by atoms with Gasteiger partial charge < -0.3 is 0 Å². The fraction of sp³-hybridized carbons (Fsp3) is 0.500. The van der Waals surface area contributed by atoms with Crippen LogP contribution in [-0.2, 0) is 5.67 Å². The van der Waals surface area contributed by atoms with Gasteiger partial charge in [0.1, 0.15) is 11.5 Å². The quantitative estimate of drug-likeness (QED) is 0.631. The molecule has 0 saturated heterocycles. The average molecular weight is 200 g/mol. The second-order valence-electron chi connectivity index (χ2n) is 3.49. The van der Waals surface area contributed by atoms with Crippen LogP contribution in [0.5, 0.6) is 0 Å². The lowest BCUT2D eigenvalue weighted by atomic mass is 9.98. The van der Waals surface area contributed by atoms with Gasteiger partial charge in [0.25, 0.3) is 0 Å². The molecular weight excluding hydrogens is 182 g/mol. The first-order valence-electron chi connectivity index (χ1n) is 4.86. The van der Waals surface area contributed by atoms with E-state index in [0.717, 1.165) is 5.56 Å². The summed E-state index contributed by atoms with van der Waals surface area (Å²) in [6, 6.07) is 4.27. The molecule has 0 spiro atoms. The van der Waals surface area contributed by atoms with Crippen LogP contribution >= 0.6 is 0 Å². The van der Waals surface area contributed by atoms with E-state index in [1.54, 1.807) is 13.0 Å². The Hall–Kier alpha value is -0.920. The van der Waals surface area contributed by atoms with Crippen molar-refractivity contribution in [3.05, 3.63) is 35.1 Å². The maximum atomic E-state index is 13.3. The van der Waals surface area contributed by atoms with Gasteiger partial charge in [-0.3, -0.25) is 0 Å². The Labute approximate surface area is 85.0 Å². The van der Waals surface area contributed by atoms with E-state index in [0.29, 0.717) is 5.56 Å². The Morgan fingerprint density at radius 1 is 1.07 bits per heavy atom. The van der Waals surface area contributed by atoms with Gasteiger partial charge in [-0.2, -0.15) is 0 Å². The van der Waals surface area contributed by atoms with Crippen LogP contribution in [-0.4, -0.2) is 0 Å². The van der Waals surface area contributed by atoms with Crippen LogP contribution in [0.4, 0.5) is 8.78 Å². The Balaban J connectivity index is 0.000000791. The van der Waals surface area contributed by atoms with Crippen LogP contribution in [0.2, 0.25) is 0 Å². The van der Waals surface area contributed by atoms with Crippen LogP contribution in [0.25, 0.3) is 0 Å². The summed E-state index contributed by atoms with van der Waals surface area (Å²) in [6.45, 7) is 8.58. The Morgan fingerprint density at radius 3 is 1.93 bits per heavy atom. The molecule has 0 atom stereocenters. The monoisotopic (exact) mass is 200 g/mol. The Kier molecular flexibility index (Phi) is 4.75. The van der Waals surface area contributed by atoms with Crippen molar-refractivity contribution in [1.82, 2.24) is 0 Å². The minimum absolute atomic E-state index is 0.379. The summed E-state index contributed by atoms with van der Waals surface area (Å²) in [5.74, 6) is -0.379. The molecule has 0 saturated carbocycles. The molecule has 0 aromatic heterocycles. The Morgan fingerprint density at radius 2 is 1.57 bits per heavy atom. The molecule has 80 valence electrons. The zero-order chi connectivity index (χ0) is 11.4. The summed E-state index contributed by atoms with van der Waals surface area (Å²) in [5.41, 5.74) is -0.330. The maximum Gasteiger partial charge on any atom is 0.130 e. The topological polar surface area (TPSA) is 0 Å². The smallest absolute Gasteiger partial charge is 0.130 e. The predicted octanol–water partition coefficient (Wildman–Crippen LogP) is 4.36. The zero-order valence-electron chi connectivity index (χ0n) is 9.49. The molecule has 14 heavy (non-hydrogen) atoms. The van der Waals surface area contributed by atoms with Crippen molar-refractivity contribution in [1.29, 1.82) is 0 Å². The number of hydrogen-bond acceptors (Lipinski definition) is 0. The molecule has 0 N–H and O–H groups in total. The van der Waals surface area contributed by atoms with Gasteiger partial charge in [-0.25, -0.2) is 8.78 Å². The third kappa shape index (κ3) is 3.86. The number of hydrogen-bond donors (Lipinski definition) is 0. The van der Waals surface area contributed by atoms with Crippen molar-refractivity contribution in [2.45, 2.75) is 40.3 Å². The molecular formula is C12H18F2. The van der Waals surface area contributed by atoms with E-state index in [-0.39, 0.29) is 5.82 Å². The molecule has 0 heterocycles. The van der Waals surface area contributed by atoms with E-state index in [2.05, 4.69) is 0 Å². The molecule has 1 aromatic carbocycles. The summed E-state index contributed by atoms with van der Waals surface area (Å²) in [5, 5.41) is 0. The van der Waals surface area contributed by atoms with Gasteiger partial charge in [0, 0.05) is 0 Å². The standard InChI is InChI=1S/C10H12F2.C2H6/c1-7-4-8(10(2,3)12)6-9(11)5-7;1-2/h4-6H,1-3H3;1-2H3. The van der Waals surface area contributed by atoms with Crippen LogP contribution in [0, 0.1) is 12.7 Å². The largest absolute Gasteiger partial charge is 0.239 e. The molecule has 0 nitrogen and oxygen atoms in total. The molecule has 1 rings (SSSR count). The Bertz CT molecular complexity index is 265. The fourth-order valence-corrected chi connectivity index (χ4v) is 1.08. The maximum absolute atomic E-state index is 13.3. The predicted molar refractivity (Wildman–Crippen MR) is 56.6 cm³/mol. The molecule has 0 bridgehead atoms. The van der Waals surface area contributed by atoms with E-state index >= 15 is 0 Å². The highest BCUT2D eigenvalue weighted by atomic mass is 19.1. The molecule has 0 radical (unpaired) electrons. The second-order valence-corrected chi connectivity index (χ2v) is 3.49. The van der Waals surface area contributed by atoms with Crippen molar-refractivity contribution in [3.63, 3.8) is 0 Å². The zero-order valence-corrected chi connectivity index (χ0v) is 9.49. The summed E-state index contributed by atoms with van der Waals surface area (Å²) in [4.78, 5) is 0. The lowest BCUT2D eigenvalue weighted by Gasteiger charge is -2.15. The van der Waals surface area contributed by atoms with Gasteiger partial charge in [0.2, 0.25) is 0 Å². The summed E-state index contributed by atoms with van der Waals surface area (Å²) < 4.78 is 26.1. The number of benzene rings is 1. The van der Waals surface area contributed by atoms with E-state index in [9.17, 15) is 8.78 Å². The normalized spacial score (nSPS) is 10.5. The third-order valence-corrected chi connectivity index (χ3v) is 1.73. The lowest BCUT2D eigenvalue weighted by Crippen LogP contribution is -2.09. The minimum atomic E-state index is -1.47. The van der Waals surface area contributed by atoms with Gasteiger partial charge in [-0.1, -0.05) is 19.9 Å². The van der Waals surface area contributed by atoms with E-state index in [1.807, 2.05) is 13.8 Å². The van der Waals surface area contributed by atoms with Gasteiger partial charge >= 0.3 is 0 Å². The van der Waals surface area contributed by atoms with Crippen molar-refractivity contribution in [2.24, 2.45) is 0 Å². The molecule has 0 aliphatic carbocycles. The molecule has 0 fully saturated rings.